The maximum Gasteiger partial charge on any atom is 0.414 e. The minimum Gasteiger partial charge on any atom is -0.447 e. The largest absolute Gasteiger partial charge is 0.447 e. The number of carbonyl (C=O) groups excluding carboxylic acids is 2. The van der Waals surface area contributed by atoms with E-state index in [1.54, 1.807) is 28.9 Å². The van der Waals surface area contributed by atoms with E-state index in [2.05, 4.69) is 10.4 Å². The number of fused-ring (bicyclic) bond motifs is 1. The van der Waals surface area contributed by atoms with Crippen molar-refractivity contribution in [3.63, 3.8) is 0 Å². The molecule has 30 heavy (non-hydrogen) atoms. The molecule has 2 fully saturated rings. The number of ether oxygens (including phenoxy) is 2. The first-order valence-electron chi connectivity index (χ1n) is 9.72. The fourth-order valence-corrected chi connectivity index (χ4v) is 3.82. The van der Waals surface area contributed by atoms with Gasteiger partial charge in [0.15, 0.2) is 5.82 Å². The summed E-state index contributed by atoms with van der Waals surface area (Å²) in [4.78, 5) is 26.5. The number of rotatable bonds is 4. The highest BCUT2D eigenvalue weighted by Gasteiger charge is 2.30. The van der Waals surface area contributed by atoms with Crippen molar-refractivity contribution in [3.05, 3.63) is 48.3 Å². The molecule has 0 aliphatic carbocycles. The van der Waals surface area contributed by atoms with Crippen molar-refractivity contribution >= 4 is 34.4 Å². The van der Waals surface area contributed by atoms with Crippen LogP contribution in [-0.4, -0.2) is 48.1 Å². The van der Waals surface area contributed by atoms with Gasteiger partial charge in [0, 0.05) is 6.61 Å². The average molecular weight is 410 g/mol. The van der Waals surface area contributed by atoms with Gasteiger partial charge >= 0.3 is 6.09 Å². The van der Waals surface area contributed by atoms with E-state index < -0.39 is 6.09 Å². The van der Waals surface area contributed by atoms with E-state index in [0.717, 1.165) is 0 Å². The summed E-state index contributed by atoms with van der Waals surface area (Å²) in [5, 5.41) is 8.12. The zero-order valence-electron chi connectivity index (χ0n) is 16.0. The van der Waals surface area contributed by atoms with Crippen LogP contribution in [-0.2, 0) is 14.3 Å². The number of aromatic nitrogens is 2. The van der Waals surface area contributed by atoms with Crippen molar-refractivity contribution in [1.82, 2.24) is 9.78 Å². The highest BCUT2D eigenvalue weighted by atomic mass is 19.1. The fourth-order valence-electron chi connectivity index (χ4n) is 3.82. The Morgan fingerprint density at radius 3 is 2.70 bits per heavy atom. The van der Waals surface area contributed by atoms with Crippen LogP contribution in [0.25, 0.3) is 16.6 Å². The smallest absolute Gasteiger partial charge is 0.414 e. The van der Waals surface area contributed by atoms with Gasteiger partial charge in [-0.1, -0.05) is 6.07 Å². The van der Waals surface area contributed by atoms with Gasteiger partial charge in [0.05, 0.1) is 41.3 Å². The fraction of sp³-hybridized carbons (Fsp3) is 0.286. The lowest BCUT2D eigenvalue weighted by atomic mass is 10.1. The van der Waals surface area contributed by atoms with Gasteiger partial charge in [0.1, 0.15) is 12.4 Å². The van der Waals surface area contributed by atoms with Crippen LogP contribution in [0, 0.1) is 11.7 Å². The summed E-state index contributed by atoms with van der Waals surface area (Å²) >= 11 is 0. The van der Waals surface area contributed by atoms with Gasteiger partial charge in [-0.3, -0.25) is 9.69 Å². The van der Waals surface area contributed by atoms with Gasteiger partial charge in [0.2, 0.25) is 5.91 Å². The summed E-state index contributed by atoms with van der Waals surface area (Å²) in [7, 11) is 0. The molecule has 0 radical (unpaired) electrons. The highest BCUT2D eigenvalue weighted by molar-refractivity contribution is 6.10. The summed E-state index contributed by atoms with van der Waals surface area (Å²) in [6.45, 7) is 1.62. The van der Waals surface area contributed by atoms with E-state index in [-0.39, 0.29) is 17.6 Å². The number of anilines is 2. The number of amides is 2. The Bertz CT molecular complexity index is 1120. The van der Waals surface area contributed by atoms with Gasteiger partial charge in [-0.05, 0) is 42.8 Å². The van der Waals surface area contributed by atoms with Gasteiger partial charge in [-0.25, -0.2) is 13.9 Å². The number of nitrogens with zero attached hydrogens (tertiary/aromatic N) is 3. The first kappa shape index (κ1) is 18.6. The molecule has 0 bridgehead atoms. The molecule has 8 nitrogen and oxygen atoms in total. The zero-order valence-corrected chi connectivity index (χ0v) is 16.0. The van der Waals surface area contributed by atoms with Crippen LogP contribution < -0.4 is 10.2 Å². The van der Waals surface area contributed by atoms with Crippen molar-refractivity contribution in [2.75, 3.05) is 36.6 Å². The average Bonchev–Trinajstić information content (AvgIpc) is 3.49. The van der Waals surface area contributed by atoms with Gasteiger partial charge < -0.3 is 14.8 Å². The summed E-state index contributed by atoms with van der Waals surface area (Å²) in [5.41, 5.74) is 1.91. The first-order chi connectivity index (χ1) is 14.6. The molecule has 9 heteroatoms. The zero-order chi connectivity index (χ0) is 20.7. The first-order valence-corrected chi connectivity index (χ1v) is 9.72. The molecule has 3 aromatic rings. The van der Waals surface area contributed by atoms with Crippen LogP contribution in [0.3, 0.4) is 0 Å². The van der Waals surface area contributed by atoms with Crippen molar-refractivity contribution in [1.29, 1.82) is 0 Å². The number of carbonyl (C=O) groups is 2. The van der Waals surface area contributed by atoms with E-state index in [1.165, 1.54) is 17.0 Å². The van der Waals surface area contributed by atoms with Crippen molar-refractivity contribution in [3.8, 4) is 5.69 Å². The van der Waals surface area contributed by atoms with Gasteiger partial charge in [0.25, 0.3) is 0 Å². The second-order valence-electron chi connectivity index (χ2n) is 7.22. The summed E-state index contributed by atoms with van der Waals surface area (Å²) in [5.74, 6) is -0.455. The maximum atomic E-state index is 13.4. The molecule has 2 aliphatic rings. The van der Waals surface area contributed by atoms with Crippen LogP contribution >= 0.6 is 0 Å². The number of cyclic esters (lactones) is 1. The van der Waals surface area contributed by atoms with Crippen molar-refractivity contribution in [2.24, 2.45) is 5.92 Å². The Morgan fingerprint density at radius 2 is 2.00 bits per heavy atom. The molecule has 154 valence electrons. The lowest BCUT2D eigenvalue weighted by Gasteiger charge is -2.15. The van der Waals surface area contributed by atoms with Crippen molar-refractivity contribution in [2.45, 2.75) is 6.42 Å². The lowest BCUT2D eigenvalue weighted by Crippen LogP contribution is -2.25. The van der Waals surface area contributed by atoms with Crippen LogP contribution in [0.5, 0.6) is 0 Å². The number of hydrogen-bond acceptors (Lipinski definition) is 5. The number of nitrogens with one attached hydrogen (secondary N) is 1. The molecule has 0 unspecified atom stereocenters. The molecule has 2 aromatic carbocycles. The predicted octanol–water partition coefficient (Wildman–Crippen LogP) is 3.10. The molecule has 2 amide bonds. The third kappa shape index (κ3) is 3.17. The molecular weight excluding hydrogens is 391 g/mol. The minimum absolute atomic E-state index is 0.183. The molecule has 2 saturated heterocycles. The predicted molar refractivity (Wildman–Crippen MR) is 107 cm³/mol. The Labute approximate surface area is 171 Å². The second kappa shape index (κ2) is 7.42. The van der Waals surface area contributed by atoms with E-state index >= 15 is 0 Å². The Balaban J connectivity index is 1.65. The maximum absolute atomic E-state index is 13.4. The molecule has 0 saturated carbocycles. The van der Waals surface area contributed by atoms with Crippen molar-refractivity contribution < 1.29 is 23.5 Å². The standard InChI is InChI=1S/C21H19FN4O4/c22-14-4-6-15(7-5-14)26-17-3-1-2-16(25-9-11-30-21(25)28)18(17)19(24-26)23-20(27)13-8-10-29-12-13/h1-7,13H,8-12H2,(H,23,24,27)/t13-/m1/s1. The number of benzene rings is 2. The van der Waals surface area contributed by atoms with E-state index in [4.69, 9.17) is 9.47 Å². The topological polar surface area (TPSA) is 85.7 Å². The Morgan fingerprint density at radius 1 is 1.17 bits per heavy atom. The number of halogens is 1. The van der Waals surface area contributed by atoms with E-state index in [0.29, 0.717) is 60.9 Å². The number of hydrogen-bond donors (Lipinski definition) is 1. The molecule has 2 aliphatic heterocycles. The molecular formula is C21H19FN4O4. The summed E-state index contributed by atoms with van der Waals surface area (Å²) < 4.78 is 25.5. The molecule has 1 atom stereocenters. The normalized spacial score (nSPS) is 18.8. The minimum atomic E-state index is -0.446. The Kier molecular flexibility index (Phi) is 4.59. The SMILES string of the molecule is O=C(Nc1nn(-c2ccc(F)cc2)c2cccc(N3CCOC3=O)c12)[C@@H]1CCOC1. The molecule has 0 spiro atoms. The van der Waals surface area contributed by atoms with Gasteiger partial charge in [-0.15, -0.1) is 5.10 Å². The molecule has 3 heterocycles. The summed E-state index contributed by atoms with van der Waals surface area (Å²) in [6, 6.07) is 11.3. The van der Waals surface area contributed by atoms with Crippen LogP contribution in [0.1, 0.15) is 6.42 Å². The second-order valence-corrected chi connectivity index (χ2v) is 7.22. The van der Waals surface area contributed by atoms with Gasteiger partial charge in [-0.2, -0.15) is 0 Å². The monoisotopic (exact) mass is 410 g/mol. The van der Waals surface area contributed by atoms with E-state index in [1.807, 2.05) is 6.07 Å². The lowest BCUT2D eigenvalue weighted by molar-refractivity contribution is -0.119. The molecule has 1 aromatic heterocycles. The third-order valence-electron chi connectivity index (χ3n) is 5.35. The van der Waals surface area contributed by atoms with Crippen LogP contribution in [0.2, 0.25) is 0 Å². The van der Waals surface area contributed by atoms with Crippen LogP contribution in [0.15, 0.2) is 42.5 Å². The highest BCUT2D eigenvalue weighted by Crippen LogP contribution is 2.36. The quantitative estimate of drug-likeness (QED) is 0.714. The van der Waals surface area contributed by atoms with E-state index in [9.17, 15) is 14.0 Å². The Hall–Kier alpha value is -3.46. The summed E-state index contributed by atoms with van der Waals surface area (Å²) in [6.07, 6.45) is 0.201. The third-order valence-corrected chi connectivity index (χ3v) is 5.35. The van der Waals surface area contributed by atoms with Crippen LogP contribution in [0.4, 0.5) is 20.7 Å². The molecule has 5 rings (SSSR count). The molecule has 1 N–H and O–H groups in total.